The number of unbranched alkanes of at least 4 members (excludes halogenated alkanes) is 20. The van der Waals surface area contributed by atoms with Gasteiger partial charge in [0.1, 0.15) is 0 Å². The Hall–Kier alpha value is -8.30. The molecule has 2 aliphatic heterocycles. The average Bonchev–Trinajstić information content (AvgIpc) is 1.52. The first-order valence-electron chi connectivity index (χ1n) is 54.0. The number of carbonyl (C=O) groups excluding carboxylic acids is 1. The van der Waals surface area contributed by atoms with E-state index in [0.29, 0.717) is 11.1 Å². The minimum Gasteiger partial charge on any atom is -0.399 e. The quantitative estimate of drug-likeness (QED) is 0.0167. The maximum absolute atomic E-state index is 12.0. The van der Waals surface area contributed by atoms with Crippen molar-refractivity contribution in [3.63, 3.8) is 0 Å². The number of rotatable bonds is 37. The summed E-state index contributed by atoms with van der Waals surface area (Å²) in [4.78, 5) is 16.3. The SMILES string of the molecule is Brc1cc[c-]c(-c2ccccn2)c1.CCCCCCCCC1(CCCCCCCC)c2ccccc2-c2cc3c(cc21)-c1ccccc1C3(c1ccc(B2OC(C)(C)C(C)(C)O2)cc1)c1ccc(B2OC(C)(C)C(C)(C)O2)cc1.CCCCCCCCC1(CCCCCCCC)c2ccccc2-c2cc3c(cc21)-c1ccccc1C3(c1ccc(Br)cc1)c1ccc(Br)cc1.O=C(c1ccc(Br)cc1)c1ccc(Br)cc1.[Ir]. The van der Waals surface area contributed by atoms with Crippen LogP contribution in [0.1, 0.15) is 346 Å². The average molecular weight is 2440 g/mol. The zero-order chi connectivity index (χ0) is 102. The number of halogens is 5. The van der Waals surface area contributed by atoms with Gasteiger partial charge in [-0.1, -0.05) is 448 Å². The molecule has 2 saturated heterocycles. The number of nitrogens with zero attached hydrogens (tertiary/aromatic N) is 1. The van der Waals surface area contributed by atoms with Crippen molar-refractivity contribution < 1.29 is 43.5 Å². The van der Waals surface area contributed by atoms with Crippen molar-refractivity contribution >= 4 is 111 Å². The third kappa shape index (κ3) is 22.9. The third-order valence-corrected chi connectivity index (χ3v) is 35.5. The fraction of sp³-hybridized carbons (Fsp3) is 0.364. The zero-order valence-corrected chi connectivity index (χ0v) is 97.9. The largest absolute Gasteiger partial charge is 0.494 e. The van der Waals surface area contributed by atoms with E-state index in [9.17, 15) is 4.79 Å². The van der Waals surface area contributed by atoms with Gasteiger partial charge in [-0.2, -0.15) is 0 Å². The second-order valence-electron chi connectivity index (χ2n) is 43.2. The van der Waals surface area contributed by atoms with Crippen LogP contribution in [-0.2, 0) is 60.4 Å². The number of benzene rings is 13. The maximum Gasteiger partial charge on any atom is 0.494 e. The Morgan fingerprint density at radius 3 is 0.870 bits per heavy atom. The first-order chi connectivity index (χ1) is 70.2. The number of pyridine rings is 1. The molecule has 0 N–H and O–H groups in total. The van der Waals surface area contributed by atoms with Crippen molar-refractivity contribution in [1.29, 1.82) is 0 Å². The van der Waals surface area contributed by atoms with Gasteiger partial charge >= 0.3 is 14.2 Å². The van der Waals surface area contributed by atoms with E-state index in [1.807, 2.05) is 84.9 Å². The van der Waals surface area contributed by atoms with Gasteiger partial charge < -0.3 is 23.6 Å². The molecule has 6 nitrogen and oxygen atoms in total. The van der Waals surface area contributed by atoms with Crippen LogP contribution in [0.5, 0.6) is 0 Å². The van der Waals surface area contributed by atoms with Gasteiger partial charge in [-0.05, 0) is 312 Å². The van der Waals surface area contributed by atoms with E-state index in [4.69, 9.17) is 18.6 Å². The first-order valence-corrected chi connectivity index (χ1v) is 58.0. The van der Waals surface area contributed by atoms with Crippen LogP contribution >= 0.6 is 79.6 Å². The van der Waals surface area contributed by atoms with Crippen LogP contribution in [0.4, 0.5) is 0 Å². The molecule has 14 heteroatoms. The Kier molecular flexibility index (Phi) is 37.0. The molecule has 3 heterocycles. The topological polar surface area (TPSA) is 66.9 Å². The minimum absolute atomic E-state index is 0. The van der Waals surface area contributed by atoms with E-state index < -0.39 is 47.5 Å². The normalized spacial score (nSPS) is 15.9. The summed E-state index contributed by atoms with van der Waals surface area (Å²) >= 11 is 17.6. The molecule has 2 fully saturated rings. The third-order valence-electron chi connectivity index (χ3n) is 32.9. The minimum atomic E-state index is -0.595. The summed E-state index contributed by atoms with van der Waals surface area (Å²) < 4.78 is 31.6. The molecule has 0 amide bonds. The molecule has 0 spiro atoms. The summed E-state index contributed by atoms with van der Waals surface area (Å²) in [5.74, 6) is 0.0417. The van der Waals surface area contributed by atoms with Crippen molar-refractivity contribution in [3.05, 3.63) is 416 Å². The molecule has 14 aromatic rings. The number of carbonyl (C=O) groups is 1. The molecule has 13 aromatic carbocycles. The van der Waals surface area contributed by atoms with E-state index in [2.05, 4.69) is 392 Å². The van der Waals surface area contributed by atoms with Crippen molar-refractivity contribution in [2.24, 2.45) is 0 Å². The van der Waals surface area contributed by atoms with E-state index >= 15 is 0 Å². The van der Waals surface area contributed by atoms with Gasteiger partial charge in [0.25, 0.3) is 0 Å². The molecule has 4 aliphatic carbocycles. The molecule has 757 valence electrons. The number of fused-ring (bicyclic) bond motifs is 12. The molecule has 1 aromatic heterocycles. The van der Waals surface area contributed by atoms with Crippen molar-refractivity contribution in [3.8, 4) is 55.8 Å². The van der Waals surface area contributed by atoms with Crippen LogP contribution in [0.25, 0.3) is 55.8 Å². The van der Waals surface area contributed by atoms with Crippen LogP contribution in [0.15, 0.2) is 332 Å². The summed E-state index contributed by atoms with van der Waals surface area (Å²) in [6.45, 7) is 26.3. The Labute approximate surface area is 928 Å². The van der Waals surface area contributed by atoms with Gasteiger partial charge in [0.2, 0.25) is 0 Å². The Morgan fingerprint density at radius 1 is 0.281 bits per heavy atom. The van der Waals surface area contributed by atoms with Gasteiger partial charge in [0.15, 0.2) is 5.78 Å². The van der Waals surface area contributed by atoms with Crippen LogP contribution < -0.4 is 10.9 Å². The molecule has 0 unspecified atom stereocenters. The summed E-state index contributed by atoms with van der Waals surface area (Å²) in [5.41, 5.74) is 30.8. The summed E-state index contributed by atoms with van der Waals surface area (Å²) in [5, 5.41) is 0. The van der Waals surface area contributed by atoms with Gasteiger partial charge in [0.05, 0.1) is 33.2 Å². The van der Waals surface area contributed by atoms with Crippen LogP contribution in [0, 0.1) is 6.07 Å². The zero-order valence-electron chi connectivity index (χ0n) is 87.6. The number of aromatic nitrogens is 1. The van der Waals surface area contributed by atoms with E-state index in [1.165, 1.54) is 269 Å². The molecule has 146 heavy (non-hydrogen) atoms. The molecule has 6 aliphatic rings. The van der Waals surface area contributed by atoms with Crippen molar-refractivity contribution in [1.82, 2.24) is 4.98 Å². The predicted molar refractivity (Wildman–Crippen MR) is 627 cm³/mol. The fourth-order valence-electron chi connectivity index (χ4n) is 23.8. The van der Waals surface area contributed by atoms with Gasteiger partial charge in [-0.25, -0.2) is 0 Å². The second-order valence-corrected chi connectivity index (χ2v) is 47.8. The van der Waals surface area contributed by atoms with Crippen LogP contribution in [0.2, 0.25) is 0 Å². The summed E-state index contributed by atoms with van der Waals surface area (Å²) in [7, 11) is -0.873. The van der Waals surface area contributed by atoms with Gasteiger partial charge in [-0.3, -0.25) is 4.79 Å². The van der Waals surface area contributed by atoms with Crippen molar-refractivity contribution in [2.75, 3.05) is 0 Å². The van der Waals surface area contributed by atoms with Gasteiger partial charge in [0, 0.05) is 66.1 Å². The molecule has 0 atom stereocenters. The van der Waals surface area contributed by atoms with E-state index in [-0.39, 0.29) is 36.7 Å². The number of hydrogen-bond acceptors (Lipinski definition) is 6. The number of ketones is 1. The molecule has 0 bridgehead atoms. The van der Waals surface area contributed by atoms with E-state index in [1.54, 1.807) is 28.5 Å². The first kappa shape index (κ1) is 110. The monoisotopic (exact) mass is 2430 g/mol. The van der Waals surface area contributed by atoms with E-state index in [0.717, 1.165) is 44.5 Å². The Morgan fingerprint density at radius 2 is 0.555 bits per heavy atom. The standard InChI is InChI=1S/C60H76B2O4.C48H52Br2.C13H8Br2O.C11H7BrN.Ir/c1-11-13-15-17-19-25-39-59(40-26-20-18-16-14-12-2)51-29-23-21-27-47(51)49-42-54-50(41-53(49)59)48-28-22-24-30-52(48)60(54,43-31-35-45(36-32-43)61-63-55(3,4)56(5,6)64-61)44-33-37-46(38-34-44)62-65-57(7,8)58(9,10)66-62;1-3-5-7-9-11-17-31-47(32-18-12-10-8-6-4-2)43-21-15-13-19-39(43)41-34-46-42(33-45(41)47)40-20-14-16-22-44(40)48(46,35-23-27-37(49)28-24-35)36-25-29-38(50)30-26-36;14-11-5-1-9(2-6-11)13(16)10-3-7-12(15)8-4-10;12-10-5-3-4-9(8-10)11-6-1-2-7-13-11;/h21-24,27-38,41-42H,11-20,25-26,39-40H2,1-10H3;13-16,19-30,33-34H,3-12,17-18,31-32H2,1-2H3;1-8H;1-3,5-8H;/q;;;-1;. The Bertz CT molecular complexity index is 6510. The molecule has 1 radical (unpaired) electrons. The maximum atomic E-state index is 12.0. The van der Waals surface area contributed by atoms with Crippen LogP contribution in [-0.4, -0.2) is 47.4 Å². The second kappa shape index (κ2) is 49.0. The summed E-state index contributed by atoms with van der Waals surface area (Å²) in [6.07, 6.45) is 38.4. The predicted octanol–water partition coefficient (Wildman–Crippen LogP) is 37.5. The summed E-state index contributed by atoms with van der Waals surface area (Å²) in [6, 6.07) is 114. The molecule has 20 rings (SSSR count). The number of hydrogen-bond donors (Lipinski definition) is 0. The fourth-order valence-corrected chi connectivity index (χ4v) is 25.2. The molecular weight excluding hydrogens is 2290 g/mol. The smallest absolute Gasteiger partial charge is 0.399 e. The molecule has 0 saturated carbocycles. The molecular formula is C132H143B2Br5IrNO5-. The van der Waals surface area contributed by atoms with Crippen LogP contribution in [0.3, 0.4) is 0 Å². The van der Waals surface area contributed by atoms with Gasteiger partial charge in [-0.15, -0.1) is 29.8 Å². The van der Waals surface area contributed by atoms with Crippen molar-refractivity contribution in [2.45, 2.75) is 307 Å². The Balaban J connectivity index is 0.000000165.